The van der Waals surface area contributed by atoms with Crippen molar-refractivity contribution in [1.29, 1.82) is 0 Å². The summed E-state index contributed by atoms with van der Waals surface area (Å²) in [7, 11) is 2.07. The molecular weight excluding hydrogens is 214 g/mol. The van der Waals surface area contributed by atoms with E-state index in [9.17, 15) is 0 Å². The third kappa shape index (κ3) is 2.24. The molecule has 2 aliphatic heterocycles. The molecule has 1 N–H and O–H groups in total. The highest BCUT2D eigenvalue weighted by atomic mass is 16.5. The van der Waals surface area contributed by atoms with Crippen molar-refractivity contribution in [1.82, 2.24) is 15.1 Å². The Kier molecular flexibility index (Phi) is 3.16. The number of hydrogen-bond acceptors (Lipinski definition) is 3. The number of rotatable bonds is 2. The van der Waals surface area contributed by atoms with Gasteiger partial charge in [-0.05, 0) is 38.3 Å². The SMILES string of the molecule is Cn1nc(C2CCCN2)cc1C1CCOCC1. The minimum Gasteiger partial charge on any atom is -0.381 e. The summed E-state index contributed by atoms with van der Waals surface area (Å²) in [6.45, 7) is 2.92. The third-order valence-corrected chi connectivity index (χ3v) is 3.99. The van der Waals surface area contributed by atoms with Gasteiger partial charge in [-0.1, -0.05) is 0 Å². The summed E-state index contributed by atoms with van der Waals surface area (Å²) in [5.41, 5.74) is 2.61. The first-order valence-electron chi connectivity index (χ1n) is 6.69. The van der Waals surface area contributed by atoms with Crippen LogP contribution in [0.4, 0.5) is 0 Å². The third-order valence-electron chi connectivity index (χ3n) is 3.99. The van der Waals surface area contributed by atoms with Gasteiger partial charge in [0, 0.05) is 31.9 Å². The molecule has 1 aromatic heterocycles. The molecule has 0 saturated carbocycles. The highest BCUT2D eigenvalue weighted by Gasteiger charge is 2.24. The lowest BCUT2D eigenvalue weighted by atomic mass is 9.96. The molecule has 4 nitrogen and oxygen atoms in total. The molecule has 94 valence electrons. The van der Waals surface area contributed by atoms with Gasteiger partial charge >= 0.3 is 0 Å². The summed E-state index contributed by atoms with van der Waals surface area (Å²) in [6, 6.07) is 2.79. The Morgan fingerprint density at radius 1 is 1.35 bits per heavy atom. The van der Waals surface area contributed by atoms with Crippen LogP contribution in [0, 0.1) is 0 Å². The zero-order valence-corrected chi connectivity index (χ0v) is 10.5. The first-order valence-corrected chi connectivity index (χ1v) is 6.69. The van der Waals surface area contributed by atoms with E-state index in [0.717, 1.165) is 32.6 Å². The second-order valence-electron chi connectivity index (χ2n) is 5.15. The average Bonchev–Trinajstić information content (AvgIpc) is 2.99. The molecule has 1 atom stereocenters. The van der Waals surface area contributed by atoms with Crippen molar-refractivity contribution in [2.24, 2.45) is 7.05 Å². The largest absolute Gasteiger partial charge is 0.381 e. The number of nitrogens with zero attached hydrogens (tertiary/aromatic N) is 2. The minimum atomic E-state index is 0.481. The first-order chi connectivity index (χ1) is 8.34. The summed E-state index contributed by atoms with van der Waals surface area (Å²) < 4.78 is 7.50. The fourth-order valence-electron chi connectivity index (χ4n) is 2.99. The number of aromatic nitrogens is 2. The molecule has 0 radical (unpaired) electrons. The van der Waals surface area contributed by atoms with Gasteiger partial charge in [-0.2, -0.15) is 5.10 Å². The molecule has 2 aliphatic rings. The Balaban J connectivity index is 1.79. The monoisotopic (exact) mass is 235 g/mol. The number of hydrogen-bond donors (Lipinski definition) is 1. The maximum absolute atomic E-state index is 5.43. The van der Waals surface area contributed by atoms with Crippen LogP contribution in [0.5, 0.6) is 0 Å². The van der Waals surface area contributed by atoms with E-state index in [1.807, 2.05) is 0 Å². The quantitative estimate of drug-likeness (QED) is 0.848. The van der Waals surface area contributed by atoms with Crippen molar-refractivity contribution < 1.29 is 4.74 Å². The Hall–Kier alpha value is -0.870. The van der Waals surface area contributed by atoms with Gasteiger partial charge in [-0.3, -0.25) is 4.68 Å². The maximum atomic E-state index is 5.43. The second-order valence-corrected chi connectivity index (χ2v) is 5.15. The van der Waals surface area contributed by atoms with E-state index < -0.39 is 0 Å². The Morgan fingerprint density at radius 3 is 2.88 bits per heavy atom. The van der Waals surface area contributed by atoms with Crippen LogP contribution in [0.15, 0.2) is 6.07 Å². The highest BCUT2D eigenvalue weighted by Crippen LogP contribution is 2.30. The van der Waals surface area contributed by atoms with E-state index in [0.29, 0.717) is 12.0 Å². The highest BCUT2D eigenvalue weighted by molar-refractivity contribution is 5.18. The van der Waals surface area contributed by atoms with Gasteiger partial charge < -0.3 is 10.1 Å². The smallest absolute Gasteiger partial charge is 0.0796 e. The summed E-state index contributed by atoms with van der Waals surface area (Å²) in [6.07, 6.45) is 4.77. The predicted octanol–water partition coefficient (Wildman–Crippen LogP) is 1.74. The zero-order valence-electron chi connectivity index (χ0n) is 10.5. The summed E-state index contributed by atoms with van der Waals surface area (Å²) >= 11 is 0. The molecule has 3 heterocycles. The Labute approximate surface area is 102 Å². The molecule has 4 heteroatoms. The fraction of sp³-hybridized carbons (Fsp3) is 0.769. The van der Waals surface area contributed by atoms with E-state index in [1.54, 1.807) is 0 Å². The molecule has 1 unspecified atom stereocenters. The summed E-state index contributed by atoms with van der Waals surface area (Å²) in [5.74, 6) is 0.636. The molecule has 3 rings (SSSR count). The van der Waals surface area contributed by atoms with Gasteiger partial charge in [0.05, 0.1) is 11.7 Å². The Morgan fingerprint density at radius 2 is 2.18 bits per heavy atom. The maximum Gasteiger partial charge on any atom is 0.0796 e. The van der Waals surface area contributed by atoms with Gasteiger partial charge in [0.15, 0.2) is 0 Å². The van der Waals surface area contributed by atoms with Crippen LogP contribution in [-0.4, -0.2) is 29.5 Å². The number of nitrogens with one attached hydrogen (secondary N) is 1. The lowest BCUT2D eigenvalue weighted by Gasteiger charge is -2.21. The standard InChI is InChI=1S/C13H21N3O/c1-16-13(10-4-7-17-8-5-10)9-12(15-16)11-3-2-6-14-11/h9-11,14H,2-8H2,1H3. The van der Waals surface area contributed by atoms with Crippen LogP contribution in [-0.2, 0) is 11.8 Å². The van der Waals surface area contributed by atoms with E-state index in [-0.39, 0.29) is 0 Å². The number of aryl methyl sites for hydroxylation is 1. The van der Waals surface area contributed by atoms with Gasteiger partial charge in [0.25, 0.3) is 0 Å². The van der Waals surface area contributed by atoms with Crippen molar-refractivity contribution >= 4 is 0 Å². The van der Waals surface area contributed by atoms with Crippen molar-refractivity contribution in [2.45, 2.75) is 37.6 Å². The molecule has 17 heavy (non-hydrogen) atoms. The molecule has 0 aromatic carbocycles. The van der Waals surface area contributed by atoms with E-state index in [1.165, 1.54) is 24.2 Å². The van der Waals surface area contributed by atoms with E-state index in [2.05, 4.69) is 28.2 Å². The van der Waals surface area contributed by atoms with Crippen molar-refractivity contribution in [3.63, 3.8) is 0 Å². The van der Waals surface area contributed by atoms with Gasteiger partial charge in [-0.15, -0.1) is 0 Å². The zero-order chi connectivity index (χ0) is 11.7. The lowest BCUT2D eigenvalue weighted by Crippen LogP contribution is -2.16. The second kappa shape index (κ2) is 4.78. The predicted molar refractivity (Wildman–Crippen MR) is 66.0 cm³/mol. The van der Waals surface area contributed by atoms with Crippen molar-refractivity contribution in [3.05, 3.63) is 17.5 Å². The Bertz CT molecular complexity index is 376. The molecule has 0 spiro atoms. The van der Waals surface area contributed by atoms with Crippen LogP contribution in [0.3, 0.4) is 0 Å². The van der Waals surface area contributed by atoms with Crippen LogP contribution in [0.1, 0.15) is 49.0 Å². The van der Waals surface area contributed by atoms with Gasteiger partial charge in [-0.25, -0.2) is 0 Å². The summed E-state index contributed by atoms with van der Waals surface area (Å²) in [4.78, 5) is 0. The van der Waals surface area contributed by atoms with Crippen LogP contribution in [0.2, 0.25) is 0 Å². The minimum absolute atomic E-state index is 0.481. The van der Waals surface area contributed by atoms with Crippen molar-refractivity contribution in [2.75, 3.05) is 19.8 Å². The normalized spacial score (nSPS) is 26.5. The van der Waals surface area contributed by atoms with Crippen LogP contribution >= 0.6 is 0 Å². The topological polar surface area (TPSA) is 39.1 Å². The van der Waals surface area contributed by atoms with Crippen LogP contribution < -0.4 is 5.32 Å². The lowest BCUT2D eigenvalue weighted by molar-refractivity contribution is 0.0837. The van der Waals surface area contributed by atoms with E-state index >= 15 is 0 Å². The number of ether oxygens (including phenoxy) is 1. The molecular formula is C13H21N3O. The van der Waals surface area contributed by atoms with Gasteiger partial charge in [0.1, 0.15) is 0 Å². The molecule has 1 aromatic rings. The molecule has 0 bridgehead atoms. The van der Waals surface area contributed by atoms with E-state index in [4.69, 9.17) is 4.74 Å². The van der Waals surface area contributed by atoms with Crippen molar-refractivity contribution in [3.8, 4) is 0 Å². The molecule has 2 saturated heterocycles. The first kappa shape index (κ1) is 11.2. The van der Waals surface area contributed by atoms with Gasteiger partial charge in [0.2, 0.25) is 0 Å². The fourth-order valence-corrected chi connectivity index (χ4v) is 2.99. The molecule has 2 fully saturated rings. The summed E-state index contributed by atoms with van der Waals surface area (Å²) in [5, 5.41) is 8.20. The molecule has 0 amide bonds. The van der Waals surface area contributed by atoms with Crippen LogP contribution in [0.25, 0.3) is 0 Å². The molecule has 0 aliphatic carbocycles. The average molecular weight is 235 g/mol.